The van der Waals surface area contributed by atoms with Crippen LogP contribution in [0, 0.1) is 0 Å². The van der Waals surface area contributed by atoms with E-state index in [0.717, 1.165) is 55.8 Å². The van der Waals surface area contributed by atoms with Gasteiger partial charge in [-0.15, -0.1) is 0 Å². The van der Waals surface area contributed by atoms with E-state index in [-0.39, 0.29) is 12.1 Å². The topological polar surface area (TPSA) is 47.7 Å². The molecule has 0 aliphatic heterocycles. The fourth-order valence-corrected chi connectivity index (χ4v) is 5.10. The molecular formula is C34H40N2O2. The highest BCUT2D eigenvalue weighted by Gasteiger charge is 2.27. The Morgan fingerprint density at radius 1 is 0.579 bits per heavy atom. The van der Waals surface area contributed by atoms with Gasteiger partial charge in [0.1, 0.15) is 11.5 Å². The Kier molecular flexibility index (Phi) is 10.4. The van der Waals surface area contributed by atoms with Gasteiger partial charge in [-0.25, -0.2) is 0 Å². The van der Waals surface area contributed by atoms with Crippen LogP contribution in [0.4, 0.5) is 0 Å². The molecule has 2 N–H and O–H groups in total. The van der Waals surface area contributed by atoms with Crippen LogP contribution in [0.15, 0.2) is 109 Å². The van der Waals surface area contributed by atoms with Gasteiger partial charge < -0.3 is 15.2 Å². The fourth-order valence-electron chi connectivity index (χ4n) is 5.10. The normalized spacial score (nSPS) is 12.7. The van der Waals surface area contributed by atoms with E-state index in [1.807, 2.05) is 24.3 Å². The van der Waals surface area contributed by atoms with E-state index < -0.39 is 0 Å². The third-order valence-electron chi connectivity index (χ3n) is 7.20. The van der Waals surface area contributed by atoms with Gasteiger partial charge >= 0.3 is 0 Å². The molecule has 0 saturated carbocycles. The summed E-state index contributed by atoms with van der Waals surface area (Å²) in [6.45, 7) is 1.93. The highest BCUT2D eigenvalue weighted by Crippen LogP contribution is 2.33. The second-order valence-electron chi connectivity index (χ2n) is 9.73. The molecule has 2 atom stereocenters. The van der Waals surface area contributed by atoms with Crippen LogP contribution in [0.5, 0.6) is 11.5 Å². The van der Waals surface area contributed by atoms with Gasteiger partial charge in [-0.1, -0.05) is 84.9 Å². The third-order valence-corrected chi connectivity index (χ3v) is 7.20. The standard InChI is InChI=1S/C34H40N2O2/c1-37-31-21-17-27(18-22-31)11-9-25-36(26-10-12-28-19-23-32(38-2)24-20-28)34(30-15-7-4-8-16-30)33(35)29-13-5-3-6-14-29/h3-8,13-24,33-34H,9-12,25-26,35H2,1-2H3/t33-,34-/m1/s1. The van der Waals surface area contributed by atoms with Crippen LogP contribution in [0.3, 0.4) is 0 Å². The summed E-state index contributed by atoms with van der Waals surface area (Å²) in [4.78, 5) is 2.60. The first-order chi connectivity index (χ1) is 18.7. The summed E-state index contributed by atoms with van der Waals surface area (Å²) in [7, 11) is 3.41. The minimum Gasteiger partial charge on any atom is -0.497 e. The summed E-state index contributed by atoms with van der Waals surface area (Å²) in [5, 5.41) is 0. The molecule has 0 unspecified atom stereocenters. The van der Waals surface area contributed by atoms with Crippen molar-refractivity contribution in [2.24, 2.45) is 5.73 Å². The maximum Gasteiger partial charge on any atom is 0.118 e. The quantitative estimate of drug-likeness (QED) is 0.199. The Morgan fingerprint density at radius 3 is 1.42 bits per heavy atom. The summed E-state index contributed by atoms with van der Waals surface area (Å²) < 4.78 is 10.7. The molecular weight excluding hydrogens is 468 g/mol. The first-order valence-corrected chi connectivity index (χ1v) is 13.5. The molecule has 38 heavy (non-hydrogen) atoms. The summed E-state index contributed by atoms with van der Waals surface area (Å²) in [6, 6.07) is 38.0. The van der Waals surface area contributed by atoms with Crippen LogP contribution in [-0.2, 0) is 12.8 Å². The Bertz CT molecular complexity index is 1140. The summed E-state index contributed by atoms with van der Waals surface area (Å²) in [5.41, 5.74) is 12.1. The fraction of sp³-hybridized carbons (Fsp3) is 0.294. The zero-order valence-corrected chi connectivity index (χ0v) is 22.6. The lowest BCUT2D eigenvalue weighted by Gasteiger charge is -2.36. The molecule has 0 fully saturated rings. The van der Waals surface area contributed by atoms with E-state index in [9.17, 15) is 0 Å². The molecule has 0 aliphatic carbocycles. The Morgan fingerprint density at radius 2 is 1.00 bits per heavy atom. The van der Waals surface area contributed by atoms with Crippen molar-refractivity contribution in [1.82, 2.24) is 4.90 Å². The molecule has 4 nitrogen and oxygen atoms in total. The SMILES string of the molecule is COc1ccc(CCCN(CCCc2ccc(OC)cc2)[C@H](c2ccccc2)[C@H](N)c2ccccc2)cc1. The molecule has 4 heteroatoms. The van der Waals surface area contributed by atoms with Crippen molar-refractivity contribution >= 4 is 0 Å². The van der Waals surface area contributed by atoms with E-state index >= 15 is 0 Å². The summed E-state index contributed by atoms with van der Waals surface area (Å²) >= 11 is 0. The van der Waals surface area contributed by atoms with Gasteiger partial charge in [-0.05, 0) is 85.3 Å². The number of benzene rings is 4. The van der Waals surface area contributed by atoms with Crippen LogP contribution < -0.4 is 15.2 Å². The average molecular weight is 509 g/mol. The Balaban J connectivity index is 1.52. The number of hydrogen-bond acceptors (Lipinski definition) is 4. The zero-order valence-electron chi connectivity index (χ0n) is 22.6. The zero-order chi connectivity index (χ0) is 26.6. The monoisotopic (exact) mass is 508 g/mol. The van der Waals surface area contributed by atoms with Crippen molar-refractivity contribution in [3.8, 4) is 11.5 Å². The molecule has 0 saturated heterocycles. The number of aryl methyl sites for hydroxylation is 2. The number of hydrogen-bond donors (Lipinski definition) is 1. The number of nitrogens with two attached hydrogens (primary N) is 1. The van der Waals surface area contributed by atoms with Gasteiger partial charge in [0.25, 0.3) is 0 Å². The first-order valence-electron chi connectivity index (χ1n) is 13.5. The molecule has 198 valence electrons. The lowest BCUT2D eigenvalue weighted by atomic mass is 9.92. The Labute approximate surface area is 228 Å². The van der Waals surface area contributed by atoms with Crippen molar-refractivity contribution in [1.29, 1.82) is 0 Å². The maximum atomic E-state index is 7.03. The minimum atomic E-state index is -0.124. The number of ether oxygens (including phenoxy) is 2. The lowest BCUT2D eigenvalue weighted by molar-refractivity contribution is 0.167. The molecule has 4 aromatic carbocycles. The molecule has 0 heterocycles. The highest BCUT2D eigenvalue weighted by atomic mass is 16.5. The molecule has 4 rings (SSSR count). The summed E-state index contributed by atoms with van der Waals surface area (Å²) in [6.07, 6.45) is 4.14. The smallest absolute Gasteiger partial charge is 0.118 e. The van der Waals surface area contributed by atoms with Gasteiger partial charge in [0, 0.05) is 6.04 Å². The predicted octanol–water partition coefficient (Wildman–Crippen LogP) is 7.01. The van der Waals surface area contributed by atoms with E-state index in [1.165, 1.54) is 16.7 Å². The van der Waals surface area contributed by atoms with Gasteiger partial charge in [-0.3, -0.25) is 4.90 Å². The van der Waals surface area contributed by atoms with Crippen LogP contribution in [0.1, 0.15) is 47.2 Å². The van der Waals surface area contributed by atoms with E-state index in [1.54, 1.807) is 14.2 Å². The molecule has 0 amide bonds. The van der Waals surface area contributed by atoms with E-state index in [2.05, 4.69) is 89.8 Å². The van der Waals surface area contributed by atoms with Gasteiger partial charge in [-0.2, -0.15) is 0 Å². The lowest BCUT2D eigenvalue weighted by Crippen LogP contribution is -2.38. The molecule has 0 radical (unpaired) electrons. The predicted molar refractivity (Wildman–Crippen MR) is 157 cm³/mol. The Hall–Kier alpha value is -3.60. The highest BCUT2D eigenvalue weighted by molar-refractivity contribution is 5.29. The average Bonchev–Trinajstić information content (AvgIpc) is 2.98. The minimum absolute atomic E-state index is 0.0883. The van der Waals surface area contributed by atoms with Crippen molar-refractivity contribution in [3.63, 3.8) is 0 Å². The van der Waals surface area contributed by atoms with Gasteiger partial charge in [0.15, 0.2) is 0 Å². The van der Waals surface area contributed by atoms with Gasteiger partial charge in [0.2, 0.25) is 0 Å². The van der Waals surface area contributed by atoms with E-state index in [4.69, 9.17) is 15.2 Å². The molecule has 0 spiro atoms. The molecule has 0 aliphatic rings. The van der Waals surface area contributed by atoms with Crippen molar-refractivity contribution in [3.05, 3.63) is 131 Å². The first kappa shape index (κ1) is 27.4. The summed E-state index contributed by atoms with van der Waals surface area (Å²) in [5.74, 6) is 1.79. The largest absolute Gasteiger partial charge is 0.497 e. The van der Waals surface area contributed by atoms with Crippen molar-refractivity contribution in [2.45, 2.75) is 37.8 Å². The second kappa shape index (κ2) is 14.4. The van der Waals surface area contributed by atoms with Crippen LogP contribution in [0.25, 0.3) is 0 Å². The van der Waals surface area contributed by atoms with Crippen LogP contribution >= 0.6 is 0 Å². The maximum absolute atomic E-state index is 7.03. The molecule has 0 aromatic heterocycles. The third kappa shape index (κ3) is 7.70. The van der Waals surface area contributed by atoms with Crippen LogP contribution in [0.2, 0.25) is 0 Å². The number of rotatable bonds is 14. The molecule has 0 bridgehead atoms. The molecule has 4 aromatic rings. The number of nitrogens with zero attached hydrogens (tertiary/aromatic N) is 1. The van der Waals surface area contributed by atoms with Crippen molar-refractivity contribution < 1.29 is 9.47 Å². The van der Waals surface area contributed by atoms with E-state index in [0.29, 0.717) is 0 Å². The van der Waals surface area contributed by atoms with Gasteiger partial charge in [0.05, 0.1) is 20.3 Å². The second-order valence-corrected chi connectivity index (χ2v) is 9.73. The number of methoxy groups -OCH3 is 2. The van der Waals surface area contributed by atoms with Crippen LogP contribution in [-0.4, -0.2) is 32.2 Å². The van der Waals surface area contributed by atoms with Crippen molar-refractivity contribution in [2.75, 3.05) is 27.3 Å².